The standard InChI is InChI=1S/C17H20N2/c1-13(15-6-4-10-18-11-15)19-12-16-5-2-3-7-17(16)14-8-9-14/h2-7,10-11,13-14,19H,8-9,12H2,1H3. The molecule has 1 aromatic heterocycles. The number of nitrogens with one attached hydrogen (secondary N) is 1. The number of hydrogen-bond acceptors (Lipinski definition) is 2. The van der Waals surface area contributed by atoms with Crippen LogP contribution in [0.3, 0.4) is 0 Å². The van der Waals surface area contributed by atoms with E-state index in [1.54, 1.807) is 0 Å². The topological polar surface area (TPSA) is 24.9 Å². The molecule has 1 fully saturated rings. The maximum atomic E-state index is 4.18. The van der Waals surface area contributed by atoms with Crippen molar-refractivity contribution < 1.29 is 0 Å². The molecule has 1 heterocycles. The van der Waals surface area contributed by atoms with E-state index in [0.29, 0.717) is 6.04 Å². The fraction of sp³-hybridized carbons (Fsp3) is 0.353. The number of aromatic nitrogens is 1. The zero-order valence-electron chi connectivity index (χ0n) is 11.3. The number of rotatable bonds is 5. The number of benzene rings is 1. The van der Waals surface area contributed by atoms with Crippen molar-refractivity contribution >= 4 is 0 Å². The van der Waals surface area contributed by atoms with Crippen LogP contribution in [0, 0.1) is 0 Å². The van der Waals surface area contributed by atoms with Gasteiger partial charge in [0.05, 0.1) is 0 Å². The van der Waals surface area contributed by atoms with Gasteiger partial charge in [0, 0.05) is 25.0 Å². The Balaban J connectivity index is 1.66. The van der Waals surface area contributed by atoms with E-state index in [4.69, 9.17) is 0 Å². The van der Waals surface area contributed by atoms with Gasteiger partial charge >= 0.3 is 0 Å². The summed E-state index contributed by atoms with van der Waals surface area (Å²) in [5, 5.41) is 3.60. The summed E-state index contributed by atoms with van der Waals surface area (Å²) in [6.45, 7) is 3.12. The third kappa shape index (κ3) is 3.02. The quantitative estimate of drug-likeness (QED) is 0.875. The first-order valence-corrected chi connectivity index (χ1v) is 7.05. The Morgan fingerprint density at radius 1 is 1.21 bits per heavy atom. The molecule has 1 aromatic carbocycles. The van der Waals surface area contributed by atoms with E-state index in [9.17, 15) is 0 Å². The molecule has 2 nitrogen and oxygen atoms in total. The molecule has 0 aliphatic heterocycles. The molecule has 1 atom stereocenters. The van der Waals surface area contributed by atoms with E-state index < -0.39 is 0 Å². The molecular formula is C17H20N2. The highest BCUT2D eigenvalue weighted by Crippen LogP contribution is 2.41. The summed E-state index contributed by atoms with van der Waals surface area (Å²) in [5.74, 6) is 0.812. The Labute approximate surface area is 114 Å². The lowest BCUT2D eigenvalue weighted by atomic mass is 10.0. The second kappa shape index (κ2) is 5.54. The second-order valence-corrected chi connectivity index (χ2v) is 5.36. The summed E-state index contributed by atoms with van der Waals surface area (Å²) in [5.41, 5.74) is 4.22. The molecule has 1 aliphatic carbocycles. The van der Waals surface area contributed by atoms with Gasteiger partial charge in [-0.05, 0) is 48.4 Å². The third-order valence-electron chi connectivity index (χ3n) is 3.86. The fourth-order valence-corrected chi connectivity index (χ4v) is 2.50. The summed E-state index contributed by atoms with van der Waals surface area (Å²) >= 11 is 0. The van der Waals surface area contributed by atoms with E-state index in [2.05, 4.69) is 47.6 Å². The molecule has 1 unspecified atom stereocenters. The molecule has 0 spiro atoms. The molecule has 2 heteroatoms. The van der Waals surface area contributed by atoms with Gasteiger partial charge in [0.15, 0.2) is 0 Å². The van der Waals surface area contributed by atoms with E-state index in [1.165, 1.54) is 29.5 Å². The maximum Gasteiger partial charge on any atom is 0.0315 e. The monoisotopic (exact) mass is 252 g/mol. The summed E-state index contributed by atoms with van der Waals surface area (Å²) in [7, 11) is 0. The first-order chi connectivity index (χ1) is 9.34. The highest BCUT2D eigenvalue weighted by molar-refractivity contribution is 5.33. The molecule has 0 saturated heterocycles. The van der Waals surface area contributed by atoms with Gasteiger partial charge in [-0.25, -0.2) is 0 Å². The van der Waals surface area contributed by atoms with E-state index in [1.807, 2.05) is 18.5 Å². The molecule has 0 bridgehead atoms. The largest absolute Gasteiger partial charge is 0.306 e. The van der Waals surface area contributed by atoms with Gasteiger partial charge in [-0.2, -0.15) is 0 Å². The summed E-state index contributed by atoms with van der Waals surface area (Å²) < 4.78 is 0. The van der Waals surface area contributed by atoms with E-state index >= 15 is 0 Å². The minimum absolute atomic E-state index is 0.334. The number of hydrogen-bond donors (Lipinski definition) is 1. The van der Waals surface area contributed by atoms with Gasteiger partial charge < -0.3 is 5.32 Å². The van der Waals surface area contributed by atoms with Gasteiger partial charge in [-0.15, -0.1) is 0 Å². The number of nitrogens with zero attached hydrogens (tertiary/aromatic N) is 1. The van der Waals surface area contributed by atoms with Crippen LogP contribution in [0.2, 0.25) is 0 Å². The predicted molar refractivity (Wildman–Crippen MR) is 77.9 cm³/mol. The molecule has 0 radical (unpaired) electrons. The summed E-state index contributed by atoms with van der Waals surface area (Å²) in [6.07, 6.45) is 6.47. The highest BCUT2D eigenvalue weighted by atomic mass is 14.9. The lowest BCUT2D eigenvalue weighted by Gasteiger charge is -2.15. The first kappa shape index (κ1) is 12.4. The molecule has 0 amide bonds. The van der Waals surface area contributed by atoms with Crippen molar-refractivity contribution in [2.75, 3.05) is 0 Å². The molecular weight excluding hydrogens is 232 g/mol. The summed E-state index contributed by atoms with van der Waals surface area (Å²) in [4.78, 5) is 4.18. The highest BCUT2D eigenvalue weighted by Gasteiger charge is 2.25. The Morgan fingerprint density at radius 3 is 2.79 bits per heavy atom. The van der Waals surface area contributed by atoms with Crippen molar-refractivity contribution in [3.63, 3.8) is 0 Å². The SMILES string of the molecule is CC(NCc1ccccc1C1CC1)c1cccnc1. The Morgan fingerprint density at radius 2 is 2.05 bits per heavy atom. The summed E-state index contributed by atoms with van der Waals surface area (Å²) in [6, 6.07) is 13.3. The third-order valence-corrected chi connectivity index (χ3v) is 3.86. The zero-order valence-corrected chi connectivity index (χ0v) is 11.3. The van der Waals surface area contributed by atoms with Crippen LogP contribution in [0.25, 0.3) is 0 Å². The number of pyridine rings is 1. The minimum atomic E-state index is 0.334. The van der Waals surface area contributed by atoms with Crippen LogP contribution in [0.4, 0.5) is 0 Å². The molecule has 1 N–H and O–H groups in total. The molecule has 1 saturated carbocycles. The average molecular weight is 252 g/mol. The van der Waals surface area contributed by atoms with Crippen LogP contribution in [-0.4, -0.2) is 4.98 Å². The second-order valence-electron chi connectivity index (χ2n) is 5.36. The van der Waals surface area contributed by atoms with Crippen molar-refractivity contribution in [1.82, 2.24) is 10.3 Å². The predicted octanol–water partition coefficient (Wildman–Crippen LogP) is 3.81. The van der Waals surface area contributed by atoms with Crippen molar-refractivity contribution in [3.05, 3.63) is 65.5 Å². The van der Waals surface area contributed by atoms with Gasteiger partial charge in [0.25, 0.3) is 0 Å². The lowest BCUT2D eigenvalue weighted by molar-refractivity contribution is 0.571. The Hall–Kier alpha value is -1.67. The van der Waals surface area contributed by atoms with Crippen molar-refractivity contribution in [2.45, 2.75) is 38.3 Å². The normalized spacial score (nSPS) is 16.3. The van der Waals surface area contributed by atoms with Crippen LogP contribution in [0.15, 0.2) is 48.8 Å². The van der Waals surface area contributed by atoms with Gasteiger partial charge in [-0.1, -0.05) is 30.3 Å². The fourth-order valence-electron chi connectivity index (χ4n) is 2.50. The molecule has 19 heavy (non-hydrogen) atoms. The van der Waals surface area contributed by atoms with Gasteiger partial charge in [-0.3, -0.25) is 4.98 Å². The maximum absolute atomic E-state index is 4.18. The van der Waals surface area contributed by atoms with Crippen LogP contribution < -0.4 is 5.32 Å². The Kier molecular flexibility index (Phi) is 3.60. The van der Waals surface area contributed by atoms with Crippen LogP contribution in [-0.2, 0) is 6.54 Å². The van der Waals surface area contributed by atoms with E-state index in [-0.39, 0.29) is 0 Å². The lowest BCUT2D eigenvalue weighted by Crippen LogP contribution is -2.19. The van der Waals surface area contributed by atoms with Crippen molar-refractivity contribution in [1.29, 1.82) is 0 Å². The molecule has 2 aromatic rings. The Bertz CT molecular complexity index is 532. The molecule has 1 aliphatic rings. The van der Waals surface area contributed by atoms with Gasteiger partial charge in [0.2, 0.25) is 0 Å². The smallest absolute Gasteiger partial charge is 0.0315 e. The van der Waals surface area contributed by atoms with Crippen LogP contribution >= 0.6 is 0 Å². The zero-order chi connectivity index (χ0) is 13.1. The van der Waals surface area contributed by atoms with Crippen LogP contribution in [0.1, 0.15) is 48.4 Å². The molecule has 98 valence electrons. The minimum Gasteiger partial charge on any atom is -0.306 e. The van der Waals surface area contributed by atoms with E-state index in [0.717, 1.165) is 12.5 Å². The molecule has 3 rings (SSSR count). The van der Waals surface area contributed by atoms with Crippen molar-refractivity contribution in [2.24, 2.45) is 0 Å². The average Bonchev–Trinajstić information content (AvgIpc) is 3.30. The van der Waals surface area contributed by atoms with Gasteiger partial charge in [0.1, 0.15) is 0 Å². The van der Waals surface area contributed by atoms with Crippen LogP contribution in [0.5, 0.6) is 0 Å². The van der Waals surface area contributed by atoms with Crippen molar-refractivity contribution in [3.8, 4) is 0 Å². The first-order valence-electron chi connectivity index (χ1n) is 7.05.